The highest BCUT2D eigenvalue weighted by atomic mass is 19.4. The van der Waals surface area contributed by atoms with Crippen LogP contribution >= 0.6 is 0 Å². The van der Waals surface area contributed by atoms with E-state index in [-0.39, 0.29) is 29.2 Å². The summed E-state index contributed by atoms with van der Waals surface area (Å²) >= 11 is 0. The summed E-state index contributed by atoms with van der Waals surface area (Å²) in [6, 6.07) is 2.50. The second kappa shape index (κ2) is 9.10. The normalized spacial score (nSPS) is 19.5. The Kier molecular flexibility index (Phi) is 6.47. The van der Waals surface area contributed by atoms with Gasteiger partial charge in [-0.05, 0) is 6.92 Å². The molecule has 2 atom stereocenters. The van der Waals surface area contributed by atoms with Crippen molar-refractivity contribution in [2.75, 3.05) is 25.2 Å². The van der Waals surface area contributed by atoms with E-state index >= 15 is 0 Å². The van der Waals surface area contributed by atoms with Crippen molar-refractivity contribution < 1.29 is 35.5 Å². The van der Waals surface area contributed by atoms with Crippen LogP contribution in [0.5, 0.6) is 0 Å². The van der Waals surface area contributed by atoms with E-state index in [1.54, 1.807) is 0 Å². The summed E-state index contributed by atoms with van der Waals surface area (Å²) in [4.78, 5) is 20.8. The maximum absolute atomic E-state index is 14.7. The first-order chi connectivity index (χ1) is 16.5. The molecule has 1 unspecified atom stereocenters. The second-order valence-electron chi connectivity index (χ2n) is 8.13. The summed E-state index contributed by atoms with van der Waals surface area (Å²) in [5, 5.41) is 2.51. The van der Waals surface area contributed by atoms with E-state index < -0.39 is 66.4 Å². The van der Waals surface area contributed by atoms with Gasteiger partial charge in [0.25, 0.3) is 12.0 Å². The van der Waals surface area contributed by atoms with Gasteiger partial charge in [0.2, 0.25) is 0 Å². The third-order valence-electron chi connectivity index (χ3n) is 5.97. The number of anilines is 1. The van der Waals surface area contributed by atoms with Crippen LogP contribution in [0.15, 0.2) is 35.3 Å². The maximum atomic E-state index is 14.7. The Morgan fingerprint density at radius 2 is 1.94 bits per heavy atom. The lowest BCUT2D eigenvalue weighted by Crippen LogP contribution is -2.52. The molecule has 1 aliphatic rings. The molecule has 188 valence electrons. The lowest BCUT2D eigenvalue weighted by molar-refractivity contribution is -0.214. The largest absolute Gasteiger partial charge is 0.414 e. The van der Waals surface area contributed by atoms with Crippen molar-refractivity contribution in [3.8, 4) is 0 Å². The first-order valence-corrected chi connectivity index (χ1v) is 10.4. The molecule has 3 aromatic rings. The highest BCUT2D eigenvalue weighted by Crippen LogP contribution is 2.43. The highest BCUT2D eigenvalue weighted by molar-refractivity contribution is 5.88. The number of alkyl halides is 6. The first-order valence-electron chi connectivity index (χ1n) is 10.4. The SMILES string of the molecule is Cc1nc(N[C@H](CF)c2cccc(C(F)F)c2F)c2cn(C3(C(F)(F)F)CCOC3)c(=O)cc2n1. The number of pyridine rings is 1. The van der Waals surface area contributed by atoms with E-state index in [0.29, 0.717) is 4.57 Å². The van der Waals surface area contributed by atoms with Crippen molar-refractivity contribution in [2.45, 2.75) is 37.5 Å². The molecule has 1 aromatic carbocycles. The molecule has 1 fully saturated rings. The summed E-state index contributed by atoms with van der Waals surface area (Å²) in [5.74, 6) is -1.42. The number of hydrogen-bond donors (Lipinski definition) is 1. The monoisotopic (exact) mass is 504 g/mol. The highest BCUT2D eigenvalue weighted by Gasteiger charge is 2.59. The molecule has 1 N–H and O–H groups in total. The number of benzene rings is 1. The van der Waals surface area contributed by atoms with Crippen LogP contribution in [0.3, 0.4) is 0 Å². The molecule has 6 nitrogen and oxygen atoms in total. The Balaban J connectivity index is 1.86. The lowest BCUT2D eigenvalue weighted by Gasteiger charge is -2.32. The van der Waals surface area contributed by atoms with Crippen molar-refractivity contribution in [3.05, 3.63) is 63.6 Å². The Morgan fingerprint density at radius 3 is 2.54 bits per heavy atom. The van der Waals surface area contributed by atoms with Gasteiger partial charge in [-0.25, -0.2) is 27.5 Å². The molecule has 0 radical (unpaired) electrons. The summed E-state index contributed by atoms with van der Waals surface area (Å²) in [6.07, 6.45) is -7.57. The van der Waals surface area contributed by atoms with Crippen molar-refractivity contribution >= 4 is 16.7 Å². The zero-order valence-electron chi connectivity index (χ0n) is 18.2. The average Bonchev–Trinajstić information content (AvgIpc) is 3.28. The van der Waals surface area contributed by atoms with Crippen molar-refractivity contribution in [3.63, 3.8) is 0 Å². The van der Waals surface area contributed by atoms with E-state index in [1.807, 2.05) is 0 Å². The maximum Gasteiger partial charge on any atom is 0.414 e. The molecule has 1 saturated heterocycles. The molecular weight excluding hydrogens is 485 g/mol. The Labute approximate surface area is 193 Å². The molecule has 4 rings (SSSR count). The summed E-state index contributed by atoms with van der Waals surface area (Å²) in [5.41, 5.74) is -4.98. The van der Waals surface area contributed by atoms with Gasteiger partial charge in [-0.3, -0.25) is 9.36 Å². The number of nitrogens with one attached hydrogen (secondary N) is 1. The fourth-order valence-electron chi connectivity index (χ4n) is 4.14. The molecule has 0 bridgehead atoms. The first kappa shape index (κ1) is 24.9. The van der Waals surface area contributed by atoms with Crippen molar-refractivity contribution in [1.29, 1.82) is 0 Å². The lowest BCUT2D eigenvalue weighted by atomic mass is 9.97. The van der Waals surface area contributed by atoms with Gasteiger partial charge in [0.1, 0.15) is 24.1 Å². The third kappa shape index (κ3) is 4.32. The van der Waals surface area contributed by atoms with Gasteiger partial charge in [-0.15, -0.1) is 0 Å². The topological polar surface area (TPSA) is 69.0 Å². The number of rotatable bonds is 6. The van der Waals surface area contributed by atoms with E-state index in [0.717, 1.165) is 30.5 Å². The van der Waals surface area contributed by atoms with Crippen LogP contribution in [0, 0.1) is 12.7 Å². The molecule has 1 aliphatic heterocycles. The number of ether oxygens (including phenoxy) is 1. The summed E-state index contributed by atoms with van der Waals surface area (Å²) < 4.78 is 102. The van der Waals surface area contributed by atoms with Gasteiger partial charge in [0.15, 0.2) is 5.54 Å². The fraction of sp³-hybridized carbons (Fsp3) is 0.409. The molecule has 13 heteroatoms. The minimum absolute atomic E-state index is 0.0306. The predicted octanol–water partition coefficient (Wildman–Crippen LogP) is 4.98. The van der Waals surface area contributed by atoms with Gasteiger partial charge in [0, 0.05) is 30.9 Å². The van der Waals surface area contributed by atoms with Crippen LogP contribution in [0.1, 0.15) is 35.8 Å². The molecule has 2 aromatic heterocycles. The molecule has 0 aliphatic carbocycles. The Morgan fingerprint density at radius 1 is 1.23 bits per heavy atom. The zero-order chi connectivity index (χ0) is 25.5. The zero-order valence-corrected chi connectivity index (χ0v) is 18.2. The van der Waals surface area contributed by atoms with Crippen LogP contribution in [-0.4, -0.2) is 40.6 Å². The van der Waals surface area contributed by atoms with E-state index in [4.69, 9.17) is 4.74 Å². The Bertz CT molecular complexity index is 1300. The number of halogens is 7. The van der Waals surface area contributed by atoms with Crippen LogP contribution < -0.4 is 10.9 Å². The number of aromatic nitrogens is 3. The quantitative estimate of drug-likeness (QED) is 0.480. The van der Waals surface area contributed by atoms with Gasteiger partial charge in [-0.2, -0.15) is 13.2 Å². The van der Waals surface area contributed by atoms with Gasteiger partial charge >= 0.3 is 6.18 Å². The number of hydrogen-bond acceptors (Lipinski definition) is 5. The molecule has 0 spiro atoms. The van der Waals surface area contributed by atoms with Gasteiger partial charge in [0.05, 0.1) is 29.1 Å². The minimum Gasteiger partial charge on any atom is -0.379 e. The van der Waals surface area contributed by atoms with Crippen LogP contribution in [0.2, 0.25) is 0 Å². The third-order valence-corrected chi connectivity index (χ3v) is 5.97. The van der Waals surface area contributed by atoms with E-state index in [9.17, 15) is 35.5 Å². The van der Waals surface area contributed by atoms with Crippen LogP contribution in [0.4, 0.5) is 36.6 Å². The number of aryl methyl sites for hydroxylation is 1. The molecule has 0 amide bonds. The van der Waals surface area contributed by atoms with Crippen LogP contribution in [-0.2, 0) is 10.3 Å². The smallest absolute Gasteiger partial charge is 0.379 e. The minimum atomic E-state index is -4.83. The average molecular weight is 504 g/mol. The standard InChI is InChI=1S/C22H19F7N4O2/c1-11-30-15-7-17(34)33(21(22(27,28)29)5-6-35-10-21)9-14(15)20(31-11)32-16(8-23)12-3-2-4-13(18(12)24)19(25)26/h2-4,7,9,16,19H,5-6,8,10H2,1H3,(H,30,31,32)/t16-,21?/m1/s1. The van der Waals surface area contributed by atoms with Crippen LogP contribution in [0.25, 0.3) is 10.9 Å². The van der Waals surface area contributed by atoms with Crippen molar-refractivity contribution in [1.82, 2.24) is 14.5 Å². The van der Waals surface area contributed by atoms with Crippen molar-refractivity contribution in [2.24, 2.45) is 0 Å². The van der Waals surface area contributed by atoms with Gasteiger partial charge < -0.3 is 10.1 Å². The molecule has 0 saturated carbocycles. The number of fused-ring (bicyclic) bond motifs is 1. The fourth-order valence-corrected chi connectivity index (χ4v) is 4.14. The predicted molar refractivity (Wildman–Crippen MR) is 112 cm³/mol. The summed E-state index contributed by atoms with van der Waals surface area (Å²) in [7, 11) is 0. The Hall–Kier alpha value is -3.22. The molecular formula is C22H19F7N4O2. The molecule has 3 heterocycles. The second-order valence-corrected chi connectivity index (χ2v) is 8.13. The number of nitrogens with zero attached hydrogens (tertiary/aromatic N) is 3. The summed E-state index contributed by atoms with van der Waals surface area (Å²) in [6.45, 7) is -0.825. The molecule has 35 heavy (non-hydrogen) atoms. The van der Waals surface area contributed by atoms with E-state index in [2.05, 4.69) is 15.3 Å². The van der Waals surface area contributed by atoms with Gasteiger partial charge in [-0.1, -0.05) is 18.2 Å². The van der Waals surface area contributed by atoms with E-state index in [1.165, 1.54) is 6.92 Å².